The van der Waals surface area contributed by atoms with Crippen molar-refractivity contribution in [1.82, 2.24) is 0 Å². The fourth-order valence-corrected chi connectivity index (χ4v) is 3.47. The highest BCUT2D eigenvalue weighted by Gasteiger charge is 2.36. The highest BCUT2D eigenvalue weighted by molar-refractivity contribution is 9.10. The van der Waals surface area contributed by atoms with E-state index in [2.05, 4.69) is 55.8 Å². The van der Waals surface area contributed by atoms with Gasteiger partial charge in [-0.1, -0.05) is 67.9 Å². The van der Waals surface area contributed by atoms with E-state index in [1.165, 1.54) is 16.7 Å². The van der Waals surface area contributed by atoms with Gasteiger partial charge in [0.05, 0.1) is 5.54 Å². The summed E-state index contributed by atoms with van der Waals surface area (Å²) in [6, 6.07) is 4.15. The Labute approximate surface area is 136 Å². The van der Waals surface area contributed by atoms with Gasteiger partial charge >= 0.3 is 0 Å². The number of hydrogen-bond donors (Lipinski definition) is 2. The van der Waals surface area contributed by atoms with Crippen molar-refractivity contribution in [1.29, 1.82) is 0 Å². The van der Waals surface area contributed by atoms with Crippen LogP contribution in [0, 0.1) is 0 Å². The summed E-state index contributed by atoms with van der Waals surface area (Å²) in [5, 5.41) is 0. The normalized spacial score (nSPS) is 25.1. The van der Waals surface area contributed by atoms with Gasteiger partial charge in [0.15, 0.2) is 0 Å². The Morgan fingerprint density at radius 1 is 1.05 bits per heavy atom. The van der Waals surface area contributed by atoms with Crippen LogP contribution in [0.1, 0.15) is 56.2 Å². The standard InChI is InChI=1S/C18H25BrN2/c1-11(2)14-9-13(19)10-15(12(3)4)17(14)18(21)8-6-5-7-16(18)20/h5-12,16H,20-21H2,1-4H3. The van der Waals surface area contributed by atoms with Crippen molar-refractivity contribution >= 4 is 15.9 Å². The Bertz CT molecular complexity index is 558. The van der Waals surface area contributed by atoms with Gasteiger partial charge in [-0.05, 0) is 40.7 Å². The molecule has 0 aromatic heterocycles. The predicted molar refractivity (Wildman–Crippen MR) is 94.4 cm³/mol. The Morgan fingerprint density at radius 3 is 2.00 bits per heavy atom. The second-order valence-corrected chi connectivity index (χ2v) is 7.39. The third kappa shape index (κ3) is 3.01. The van der Waals surface area contributed by atoms with Crippen LogP contribution in [0.15, 0.2) is 40.9 Å². The average molecular weight is 349 g/mol. The average Bonchev–Trinajstić information content (AvgIpc) is 2.41. The van der Waals surface area contributed by atoms with Gasteiger partial charge < -0.3 is 11.5 Å². The molecule has 4 N–H and O–H groups in total. The lowest BCUT2D eigenvalue weighted by molar-refractivity contribution is 0.478. The third-order valence-electron chi connectivity index (χ3n) is 4.19. The number of halogens is 1. The molecule has 2 nitrogen and oxygen atoms in total. The van der Waals surface area contributed by atoms with Gasteiger partial charge in [0.25, 0.3) is 0 Å². The molecule has 1 aromatic carbocycles. The van der Waals surface area contributed by atoms with Crippen LogP contribution in [-0.4, -0.2) is 6.04 Å². The molecule has 0 heterocycles. The van der Waals surface area contributed by atoms with Gasteiger partial charge in [0.2, 0.25) is 0 Å². The summed E-state index contributed by atoms with van der Waals surface area (Å²) >= 11 is 3.64. The van der Waals surface area contributed by atoms with E-state index in [0.717, 1.165) is 4.47 Å². The minimum absolute atomic E-state index is 0.210. The third-order valence-corrected chi connectivity index (χ3v) is 4.65. The molecular formula is C18H25BrN2. The Hall–Kier alpha value is -0.900. The molecule has 21 heavy (non-hydrogen) atoms. The molecule has 0 saturated carbocycles. The van der Waals surface area contributed by atoms with E-state index in [1.807, 2.05) is 24.3 Å². The molecule has 2 rings (SSSR count). The molecule has 1 aromatic rings. The maximum atomic E-state index is 6.77. The maximum absolute atomic E-state index is 6.77. The van der Waals surface area contributed by atoms with Crippen molar-refractivity contribution in [3.8, 4) is 0 Å². The van der Waals surface area contributed by atoms with Crippen LogP contribution in [0.2, 0.25) is 0 Å². The first kappa shape index (κ1) is 16.5. The number of rotatable bonds is 3. The van der Waals surface area contributed by atoms with Crippen molar-refractivity contribution in [3.63, 3.8) is 0 Å². The van der Waals surface area contributed by atoms with Gasteiger partial charge in [-0.25, -0.2) is 0 Å². The lowest BCUT2D eigenvalue weighted by Gasteiger charge is -2.38. The van der Waals surface area contributed by atoms with Gasteiger partial charge in [-0.15, -0.1) is 0 Å². The minimum atomic E-state index is -0.644. The smallest absolute Gasteiger partial charge is 0.0794 e. The molecule has 1 aliphatic rings. The zero-order valence-electron chi connectivity index (χ0n) is 13.2. The molecule has 0 fully saturated rings. The van der Waals surface area contributed by atoms with E-state index in [-0.39, 0.29) is 6.04 Å². The summed E-state index contributed by atoms with van der Waals surface area (Å²) in [6.45, 7) is 8.80. The second kappa shape index (κ2) is 6.07. The van der Waals surface area contributed by atoms with Gasteiger partial charge in [0, 0.05) is 10.5 Å². The van der Waals surface area contributed by atoms with Crippen LogP contribution in [0.4, 0.5) is 0 Å². The first-order chi connectivity index (χ1) is 9.77. The SMILES string of the molecule is CC(C)c1cc(Br)cc(C(C)C)c1C1(N)C=CC=CC1N. The molecule has 3 heteroatoms. The molecule has 0 spiro atoms. The lowest BCUT2D eigenvalue weighted by atomic mass is 9.73. The van der Waals surface area contributed by atoms with Crippen molar-refractivity contribution in [2.24, 2.45) is 11.5 Å². The zero-order chi connectivity index (χ0) is 15.8. The van der Waals surface area contributed by atoms with Crippen molar-refractivity contribution < 1.29 is 0 Å². The minimum Gasteiger partial charge on any atom is -0.322 e. The number of benzene rings is 1. The Kier molecular flexibility index (Phi) is 4.76. The highest BCUT2D eigenvalue weighted by atomic mass is 79.9. The van der Waals surface area contributed by atoms with Crippen molar-refractivity contribution in [3.05, 3.63) is 57.6 Å². The van der Waals surface area contributed by atoms with Crippen LogP contribution in [0.5, 0.6) is 0 Å². The molecule has 0 aliphatic heterocycles. The fourth-order valence-electron chi connectivity index (χ4n) is 2.98. The first-order valence-electron chi connectivity index (χ1n) is 7.51. The molecule has 0 saturated heterocycles. The van der Waals surface area contributed by atoms with E-state index >= 15 is 0 Å². The number of allylic oxidation sites excluding steroid dienone is 2. The molecule has 0 bridgehead atoms. The van der Waals surface area contributed by atoms with Crippen LogP contribution >= 0.6 is 15.9 Å². The lowest BCUT2D eigenvalue weighted by Crippen LogP contribution is -2.52. The summed E-state index contributed by atoms with van der Waals surface area (Å²) in [4.78, 5) is 0. The quantitative estimate of drug-likeness (QED) is 0.855. The topological polar surface area (TPSA) is 52.0 Å². The van der Waals surface area contributed by atoms with E-state index in [9.17, 15) is 0 Å². The van der Waals surface area contributed by atoms with Crippen LogP contribution < -0.4 is 11.5 Å². The maximum Gasteiger partial charge on any atom is 0.0794 e. The molecule has 0 amide bonds. The van der Waals surface area contributed by atoms with Gasteiger partial charge in [0.1, 0.15) is 0 Å². The van der Waals surface area contributed by atoms with E-state index < -0.39 is 5.54 Å². The van der Waals surface area contributed by atoms with Crippen LogP contribution in [-0.2, 0) is 5.54 Å². The van der Waals surface area contributed by atoms with Gasteiger partial charge in [-0.3, -0.25) is 0 Å². The largest absolute Gasteiger partial charge is 0.322 e. The van der Waals surface area contributed by atoms with Crippen molar-refractivity contribution in [2.45, 2.75) is 51.1 Å². The van der Waals surface area contributed by atoms with E-state index in [1.54, 1.807) is 0 Å². The number of nitrogens with two attached hydrogens (primary N) is 2. The molecule has 2 unspecified atom stereocenters. The predicted octanol–water partition coefficient (Wildman–Crippen LogP) is 4.30. The summed E-state index contributed by atoms with van der Waals surface area (Å²) in [7, 11) is 0. The van der Waals surface area contributed by atoms with Crippen LogP contribution in [0.3, 0.4) is 0 Å². The zero-order valence-corrected chi connectivity index (χ0v) is 14.8. The Morgan fingerprint density at radius 2 is 1.57 bits per heavy atom. The second-order valence-electron chi connectivity index (χ2n) is 6.47. The van der Waals surface area contributed by atoms with Crippen LogP contribution in [0.25, 0.3) is 0 Å². The molecular weight excluding hydrogens is 324 g/mol. The van der Waals surface area contributed by atoms with Gasteiger partial charge in [-0.2, -0.15) is 0 Å². The molecule has 0 radical (unpaired) electrons. The number of hydrogen-bond acceptors (Lipinski definition) is 2. The summed E-state index contributed by atoms with van der Waals surface area (Å²) in [5.41, 5.74) is 16.2. The summed E-state index contributed by atoms with van der Waals surface area (Å²) in [6.07, 6.45) is 7.99. The summed E-state index contributed by atoms with van der Waals surface area (Å²) in [5.74, 6) is 0.781. The van der Waals surface area contributed by atoms with E-state index in [4.69, 9.17) is 11.5 Å². The molecule has 1 aliphatic carbocycles. The molecule has 2 atom stereocenters. The highest BCUT2D eigenvalue weighted by Crippen LogP contribution is 2.39. The van der Waals surface area contributed by atoms with Crippen molar-refractivity contribution in [2.75, 3.05) is 0 Å². The fraction of sp³-hybridized carbons (Fsp3) is 0.444. The monoisotopic (exact) mass is 348 g/mol. The summed E-state index contributed by atoms with van der Waals surface area (Å²) < 4.78 is 1.10. The molecule has 114 valence electrons. The Balaban J connectivity index is 2.76. The first-order valence-corrected chi connectivity index (χ1v) is 8.31. The van der Waals surface area contributed by atoms with E-state index in [0.29, 0.717) is 11.8 Å².